The van der Waals surface area contributed by atoms with Gasteiger partial charge in [-0.1, -0.05) is 23.2 Å². The third-order valence-electron chi connectivity index (χ3n) is 2.22. The fourth-order valence-electron chi connectivity index (χ4n) is 1.45. The van der Waals surface area contributed by atoms with Crippen molar-refractivity contribution in [2.75, 3.05) is 5.73 Å². The Hall–Kier alpha value is -1.92. The summed E-state index contributed by atoms with van der Waals surface area (Å²) in [5, 5.41) is 11.7. The van der Waals surface area contributed by atoms with Crippen LogP contribution in [0.25, 0.3) is 11.3 Å². The molecule has 6 nitrogen and oxygen atoms in total. The summed E-state index contributed by atoms with van der Waals surface area (Å²) in [5.41, 5.74) is 5.47. The molecule has 0 bridgehead atoms. The van der Waals surface area contributed by atoms with E-state index in [2.05, 4.69) is 9.97 Å². The van der Waals surface area contributed by atoms with Gasteiger partial charge in [0, 0.05) is 10.6 Å². The number of anilines is 1. The second kappa shape index (κ2) is 4.75. The number of benzene rings is 1. The molecule has 0 saturated heterocycles. The van der Waals surface area contributed by atoms with Crippen molar-refractivity contribution in [3.8, 4) is 11.3 Å². The molecule has 0 aliphatic heterocycles. The first kappa shape index (κ1) is 12.5. The van der Waals surface area contributed by atoms with Gasteiger partial charge < -0.3 is 5.73 Å². The number of hydrogen-bond donors (Lipinski definition) is 1. The molecular weight excluding hydrogens is 279 g/mol. The van der Waals surface area contributed by atoms with Gasteiger partial charge in [-0.2, -0.15) is 0 Å². The lowest BCUT2D eigenvalue weighted by molar-refractivity contribution is -0.383. The van der Waals surface area contributed by atoms with Crippen LogP contribution in [-0.2, 0) is 0 Å². The van der Waals surface area contributed by atoms with Crippen LogP contribution >= 0.6 is 23.2 Å². The van der Waals surface area contributed by atoms with Gasteiger partial charge in [-0.05, 0) is 18.2 Å². The first-order valence-electron chi connectivity index (χ1n) is 4.71. The van der Waals surface area contributed by atoms with Crippen LogP contribution in [0.3, 0.4) is 0 Å². The van der Waals surface area contributed by atoms with E-state index in [1.807, 2.05) is 0 Å². The van der Waals surface area contributed by atoms with E-state index in [-0.39, 0.29) is 17.2 Å². The molecule has 0 aliphatic rings. The Bertz CT molecular complexity index is 633. The van der Waals surface area contributed by atoms with Crippen LogP contribution in [0.2, 0.25) is 10.0 Å². The quantitative estimate of drug-likeness (QED) is 0.676. The Morgan fingerprint density at radius 2 is 2.00 bits per heavy atom. The molecule has 0 amide bonds. The van der Waals surface area contributed by atoms with E-state index >= 15 is 0 Å². The SMILES string of the molecule is Nc1ncnc(-c2cc(Cl)ccc2Cl)c1[N+](=O)[O-]. The first-order chi connectivity index (χ1) is 8.50. The number of hydrogen-bond acceptors (Lipinski definition) is 5. The van der Waals surface area contributed by atoms with Crippen LogP contribution in [0, 0.1) is 10.1 Å². The third kappa shape index (κ3) is 2.20. The maximum atomic E-state index is 11.0. The number of nitro groups is 1. The van der Waals surface area contributed by atoms with Gasteiger partial charge in [0.1, 0.15) is 6.33 Å². The molecule has 2 aromatic rings. The van der Waals surface area contributed by atoms with E-state index in [1.54, 1.807) is 6.07 Å². The van der Waals surface area contributed by atoms with Crippen LogP contribution in [0.5, 0.6) is 0 Å². The molecule has 0 unspecified atom stereocenters. The summed E-state index contributed by atoms with van der Waals surface area (Å²) in [6.45, 7) is 0. The van der Waals surface area contributed by atoms with Crippen LogP contribution in [0.1, 0.15) is 0 Å². The Morgan fingerprint density at radius 3 is 2.67 bits per heavy atom. The lowest BCUT2D eigenvalue weighted by atomic mass is 10.1. The average Bonchev–Trinajstić information content (AvgIpc) is 2.31. The number of halogens is 2. The molecule has 2 rings (SSSR count). The van der Waals surface area contributed by atoms with Crippen molar-refractivity contribution in [1.82, 2.24) is 9.97 Å². The highest BCUT2D eigenvalue weighted by Gasteiger charge is 2.23. The summed E-state index contributed by atoms with van der Waals surface area (Å²) in [7, 11) is 0. The van der Waals surface area contributed by atoms with Crippen molar-refractivity contribution >= 4 is 34.7 Å². The molecule has 8 heteroatoms. The van der Waals surface area contributed by atoms with Crippen LogP contribution in [-0.4, -0.2) is 14.9 Å². The minimum Gasteiger partial charge on any atom is -0.378 e. The summed E-state index contributed by atoms with van der Waals surface area (Å²) in [6.07, 6.45) is 1.13. The fraction of sp³-hybridized carbons (Fsp3) is 0. The minimum absolute atomic E-state index is 0.0417. The van der Waals surface area contributed by atoms with E-state index in [1.165, 1.54) is 12.1 Å². The van der Waals surface area contributed by atoms with Crippen molar-refractivity contribution in [1.29, 1.82) is 0 Å². The Kier molecular flexibility index (Phi) is 3.31. The van der Waals surface area contributed by atoms with Gasteiger partial charge in [0.15, 0.2) is 5.69 Å². The number of rotatable bonds is 2. The highest BCUT2D eigenvalue weighted by atomic mass is 35.5. The zero-order valence-electron chi connectivity index (χ0n) is 8.80. The maximum absolute atomic E-state index is 11.0. The Morgan fingerprint density at radius 1 is 1.28 bits per heavy atom. The van der Waals surface area contributed by atoms with Crippen LogP contribution in [0.4, 0.5) is 11.5 Å². The van der Waals surface area contributed by atoms with E-state index in [9.17, 15) is 10.1 Å². The molecule has 92 valence electrons. The summed E-state index contributed by atoms with van der Waals surface area (Å²) in [5.74, 6) is -0.221. The maximum Gasteiger partial charge on any atom is 0.337 e. The molecule has 0 atom stereocenters. The van der Waals surface area contributed by atoms with E-state index in [0.29, 0.717) is 15.6 Å². The lowest BCUT2D eigenvalue weighted by Gasteiger charge is -2.05. The van der Waals surface area contributed by atoms with Crippen molar-refractivity contribution in [2.24, 2.45) is 0 Å². The zero-order chi connectivity index (χ0) is 13.3. The highest BCUT2D eigenvalue weighted by Crippen LogP contribution is 2.36. The number of nitrogen functional groups attached to an aromatic ring is 1. The molecule has 18 heavy (non-hydrogen) atoms. The number of nitrogens with zero attached hydrogens (tertiary/aromatic N) is 3. The molecule has 1 heterocycles. The van der Waals surface area contributed by atoms with Gasteiger partial charge in [-0.3, -0.25) is 10.1 Å². The largest absolute Gasteiger partial charge is 0.378 e. The van der Waals surface area contributed by atoms with Gasteiger partial charge in [0.05, 0.1) is 9.95 Å². The second-order valence-corrected chi connectivity index (χ2v) is 4.18. The topological polar surface area (TPSA) is 94.9 Å². The molecule has 0 aliphatic carbocycles. The molecule has 1 aromatic heterocycles. The van der Waals surface area contributed by atoms with Crippen molar-refractivity contribution in [2.45, 2.75) is 0 Å². The molecule has 0 radical (unpaired) electrons. The Labute approximate surface area is 112 Å². The monoisotopic (exact) mass is 284 g/mol. The van der Waals surface area contributed by atoms with E-state index in [0.717, 1.165) is 6.33 Å². The molecular formula is C10H6Cl2N4O2. The van der Waals surface area contributed by atoms with E-state index in [4.69, 9.17) is 28.9 Å². The molecule has 2 N–H and O–H groups in total. The smallest absolute Gasteiger partial charge is 0.337 e. The minimum atomic E-state index is -0.651. The summed E-state index contributed by atoms with van der Waals surface area (Å²) in [6, 6.07) is 4.59. The predicted molar refractivity (Wildman–Crippen MR) is 68.6 cm³/mol. The summed E-state index contributed by atoms with van der Waals surface area (Å²) in [4.78, 5) is 17.8. The zero-order valence-corrected chi connectivity index (χ0v) is 10.3. The summed E-state index contributed by atoms with van der Waals surface area (Å²) >= 11 is 11.8. The Balaban J connectivity index is 2.75. The first-order valence-corrected chi connectivity index (χ1v) is 5.46. The fourth-order valence-corrected chi connectivity index (χ4v) is 1.83. The third-order valence-corrected chi connectivity index (χ3v) is 2.78. The highest BCUT2D eigenvalue weighted by molar-refractivity contribution is 6.35. The van der Waals surface area contributed by atoms with Gasteiger partial charge in [0.2, 0.25) is 5.82 Å². The van der Waals surface area contributed by atoms with Gasteiger partial charge in [-0.25, -0.2) is 9.97 Å². The normalized spacial score (nSPS) is 10.3. The van der Waals surface area contributed by atoms with Gasteiger partial charge in [0.25, 0.3) is 0 Å². The lowest BCUT2D eigenvalue weighted by Crippen LogP contribution is -2.02. The van der Waals surface area contributed by atoms with Gasteiger partial charge >= 0.3 is 5.69 Å². The van der Waals surface area contributed by atoms with Crippen molar-refractivity contribution < 1.29 is 4.92 Å². The van der Waals surface area contributed by atoms with Crippen LogP contribution in [0.15, 0.2) is 24.5 Å². The number of aromatic nitrogens is 2. The van der Waals surface area contributed by atoms with Crippen molar-refractivity contribution in [3.63, 3.8) is 0 Å². The van der Waals surface area contributed by atoms with Crippen molar-refractivity contribution in [3.05, 3.63) is 44.7 Å². The molecule has 0 spiro atoms. The molecule has 0 fully saturated rings. The standard InChI is InChI=1S/C10H6Cl2N4O2/c11-5-1-2-7(12)6(3-5)8-9(16(17)18)10(13)15-4-14-8/h1-4H,(H2,13,14,15). The average molecular weight is 285 g/mol. The second-order valence-electron chi connectivity index (χ2n) is 3.34. The summed E-state index contributed by atoms with van der Waals surface area (Å²) < 4.78 is 0. The molecule has 0 saturated carbocycles. The van der Waals surface area contributed by atoms with E-state index < -0.39 is 4.92 Å². The molecule has 1 aromatic carbocycles. The number of nitrogens with two attached hydrogens (primary N) is 1. The van der Waals surface area contributed by atoms with Gasteiger partial charge in [-0.15, -0.1) is 0 Å². The van der Waals surface area contributed by atoms with Crippen LogP contribution < -0.4 is 5.73 Å². The predicted octanol–water partition coefficient (Wildman–Crippen LogP) is 2.94.